The summed E-state index contributed by atoms with van der Waals surface area (Å²) in [6.45, 7) is 6.13. The van der Waals surface area contributed by atoms with Crippen molar-refractivity contribution >= 4 is 0 Å². The minimum Gasteiger partial charge on any atom is -0.383 e. The van der Waals surface area contributed by atoms with E-state index in [1.807, 2.05) is 0 Å². The van der Waals surface area contributed by atoms with E-state index < -0.39 is 0 Å². The molecule has 3 nitrogen and oxygen atoms in total. The molecule has 1 aromatic rings. The van der Waals surface area contributed by atoms with Gasteiger partial charge in [0.25, 0.3) is 0 Å². The number of methoxy groups -OCH3 is 1. The van der Waals surface area contributed by atoms with Crippen LogP contribution in [0.4, 0.5) is 0 Å². The Balaban J connectivity index is 2.29. The highest BCUT2D eigenvalue weighted by Crippen LogP contribution is 2.01. The second-order valence-electron chi connectivity index (χ2n) is 5.10. The first-order valence-electron chi connectivity index (χ1n) is 7.21. The Hall–Kier alpha value is -0.900. The van der Waals surface area contributed by atoms with Crippen LogP contribution in [0.1, 0.15) is 18.9 Å². The van der Waals surface area contributed by atoms with Gasteiger partial charge in [0, 0.05) is 26.2 Å². The summed E-state index contributed by atoms with van der Waals surface area (Å²) < 4.78 is 5.28. The molecule has 1 atom stereocenters. The Morgan fingerprint density at radius 1 is 1.26 bits per heavy atom. The van der Waals surface area contributed by atoms with Crippen LogP contribution < -0.4 is 5.32 Å². The van der Waals surface area contributed by atoms with Gasteiger partial charge in [-0.25, -0.2) is 0 Å². The minimum atomic E-state index is 0.422. The highest BCUT2D eigenvalue weighted by Gasteiger charge is 2.10. The maximum absolute atomic E-state index is 5.28. The van der Waals surface area contributed by atoms with Crippen molar-refractivity contribution in [3.8, 4) is 0 Å². The van der Waals surface area contributed by atoms with Crippen molar-refractivity contribution in [3.63, 3.8) is 0 Å². The van der Waals surface area contributed by atoms with Crippen molar-refractivity contribution < 1.29 is 4.74 Å². The predicted molar refractivity (Wildman–Crippen MR) is 81.6 cm³/mol. The molecule has 0 fully saturated rings. The van der Waals surface area contributed by atoms with Crippen LogP contribution in [0.15, 0.2) is 30.3 Å². The van der Waals surface area contributed by atoms with Crippen LogP contribution in [-0.4, -0.2) is 51.3 Å². The second kappa shape index (κ2) is 9.96. The molecule has 0 heterocycles. The van der Waals surface area contributed by atoms with Crippen molar-refractivity contribution in [2.75, 3.05) is 40.4 Å². The number of ether oxygens (including phenoxy) is 1. The zero-order valence-electron chi connectivity index (χ0n) is 12.6. The summed E-state index contributed by atoms with van der Waals surface area (Å²) >= 11 is 0. The monoisotopic (exact) mass is 264 g/mol. The standard InChI is InChI=1S/C16H28N2O/c1-4-11-17-16(14-19-3)13-18(2)12-10-15-8-6-5-7-9-15/h5-9,16-17H,4,10-14H2,1-3H3. The fourth-order valence-electron chi connectivity index (χ4n) is 2.16. The normalized spacial score (nSPS) is 12.8. The number of hydrogen-bond donors (Lipinski definition) is 1. The summed E-state index contributed by atoms with van der Waals surface area (Å²) in [5.41, 5.74) is 1.40. The van der Waals surface area contributed by atoms with Crippen molar-refractivity contribution in [1.82, 2.24) is 10.2 Å². The smallest absolute Gasteiger partial charge is 0.0628 e. The lowest BCUT2D eigenvalue weighted by Gasteiger charge is -2.24. The summed E-state index contributed by atoms with van der Waals surface area (Å²) in [4.78, 5) is 2.37. The molecule has 3 heteroatoms. The molecule has 0 bridgehead atoms. The number of benzene rings is 1. The first kappa shape index (κ1) is 16.2. The van der Waals surface area contributed by atoms with Gasteiger partial charge in [-0.3, -0.25) is 0 Å². The lowest BCUT2D eigenvalue weighted by atomic mass is 10.1. The third kappa shape index (κ3) is 7.31. The van der Waals surface area contributed by atoms with E-state index in [1.165, 1.54) is 5.56 Å². The van der Waals surface area contributed by atoms with Crippen LogP contribution in [-0.2, 0) is 11.2 Å². The molecule has 0 aliphatic carbocycles. The van der Waals surface area contributed by atoms with E-state index in [0.29, 0.717) is 6.04 Å². The van der Waals surface area contributed by atoms with Crippen molar-refractivity contribution in [3.05, 3.63) is 35.9 Å². The zero-order chi connectivity index (χ0) is 13.9. The van der Waals surface area contributed by atoms with Crippen molar-refractivity contribution in [1.29, 1.82) is 0 Å². The molecule has 0 amide bonds. The van der Waals surface area contributed by atoms with E-state index in [1.54, 1.807) is 7.11 Å². The summed E-state index contributed by atoms with van der Waals surface area (Å²) in [5.74, 6) is 0. The Bertz CT molecular complexity index is 316. The van der Waals surface area contributed by atoms with E-state index in [-0.39, 0.29) is 0 Å². The zero-order valence-corrected chi connectivity index (χ0v) is 12.6. The summed E-state index contributed by atoms with van der Waals surface area (Å²) in [7, 11) is 3.95. The summed E-state index contributed by atoms with van der Waals surface area (Å²) in [6, 6.07) is 11.1. The highest BCUT2D eigenvalue weighted by molar-refractivity contribution is 5.14. The van der Waals surface area contributed by atoms with Crippen molar-refractivity contribution in [2.24, 2.45) is 0 Å². The molecule has 1 unspecified atom stereocenters. The van der Waals surface area contributed by atoms with Gasteiger partial charge in [0.05, 0.1) is 6.61 Å². The number of nitrogens with zero attached hydrogens (tertiary/aromatic N) is 1. The number of hydrogen-bond acceptors (Lipinski definition) is 3. The van der Waals surface area contributed by atoms with Gasteiger partial charge < -0.3 is 15.0 Å². The van der Waals surface area contributed by atoms with Crippen LogP contribution in [0.3, 0.4) is 0 Å². The average molecular weight is 264 g/mol. The summed E-state index contributed by atoms with van der Waals surface area (Å²) in [6.07, 6.45) is 2.26. The Morgan fingerprint density at radius 3 is 2.63 bits per heavy atom. The Kier molecular flexibility index (Phi) is 8.47. The molecule has 0 aromatic heterocycles. The van der Waals surface area contributed by atoms with E-state index >= 15 is 0 Å². The minimum absolute atomic E-state index is 0.422. The van der Waals surface area contributed by atoms with Gasteiger partial charge in [0.15, 0.2) is 0 Å². The molecular weight excluding hydrogens is 236 g/mol. The molecular formula is C16H28N2O. The van der Waals surface area contributed by atoms with Gasteiger partial charge in [-0.2, -0.15) is 0 Å². The van der Waals surface area contributed by atoms with Crippen LogP contribution in [0.25, 0.3) is 0 Å². The van der Waals surface area contributed by atoms with E-state index in [4.69, 9.17) is 4.74 Å². The second-order valence-corrected chi connectivity index (χ2v) is 5.10. The third-order valence-corrected chi connectivity index (χ3v) is 3.21. The molecule has 1 aromatic carbocycles. The fraction of sp³-hybridized carbons (Fsp3) is 0.625. The van der Waals surface area contributed by atoms with Crippen LogP contribution >= 0.6 is 0 Å². The lowest BCUT2D eigenvalue weighted by Crippen LogP contribution is -2.43. The first-order valence-corrected chi connectivity index (χ1v) is 7.21. The maximum Gasteiger partial charge on any atom is 0.0628 e. The fourth-order valence-corrected chi connectivity index (χ4v) is 2.16. The van der Waals surface area contributed by atoms with E-state index in [0.717, 1.165) is 39.1 Å². The van der Waals surface area contributed by atoms with Gasteiger partial charge in [-0.15, -0.1) is 0 Å². The van der Waals surface area contributed by atoms with Crippen LogP contribution in [0, 0.1) is 0 Å². The van der Waals surface area contributed by atoms with Gasteiger partial charge in [0.2, 0.25) is 0 Å². The Labute approximate surface area is 118 Å². The largest absolute Gasteiger partial charge is 0.383 e. The molecule has 0 aliphatic rings. The predicted octanol–water partition coefficient (Wildman–Crippen LogP) is 2.18. The van der Waals surface area contributed by atoms with Crippen molar-refractivity contribution in [2.45, 2.75) is 25.8 Å². The molecule has 0 saturated heterocycles. The van der Waals surface area contributed by atoms with Gasteiger partial charge in [0.1, 0.15) is 0 Å². The SMILES string of the molecule is CCCNC(COC)CN(C)CCc1ccccc1. The number of rotatable bonds is 10. The maximum atomic E-state index is 5.28. The van der Waals surface area contributed by atoms with Crippen LogP contribution in [0.2, 0.25) is 0 Å². The number of nitrogens with one attached hydrogen (secondary N) is 1. The third-order valence-electron chi connectivity index (χ3n) is 3.21. The molecule has 0 spiro atoms. The molecule has 19 heavy (non-hydrogen) atoms. The molecule has 1 rings (SSSR count). The number of likely N-dealkylation sites (N-methyl/N-ethyl adjacent to an activating group) is 1. The molecule has 0 saturated carbocycles. The Morgan fingerprint density at radius 2 is 2.00 bits per heavy atom. The topological polar surface area (TPSA) is 24.5 Å². The highest BCUT2D eigenvalue weighted by atomic mass is 16.5. The first-order chi connectivity index (χ1) is 9.26. The molecule has 0 aliphatic heterocycles. The quantitative estimate of drug-likeness (QED) is 0.701. The average Bonchev–Trinajstić information content (AvgIpc) is 2.44. The molecule has 1 N–H and O–H groups in total. The van der Waals surface area contributed by atoms with Crippen LogP contribution in [0.5, 0.6) is 0 Å². The summed E-state index contributed by atoms with van der Waals surface area (Å²) in [5, 5.41) is 3.53. The van der Waals surface area contributed by atoms with Gasteiger partial charge >= 0.3 is 0 Å². The van der Waals surface area contributed by atoms with Gasteiger partial charge in [-0.05, 0) is 32.0 Å². The van der Waals surface area contributed by atoms with E-state index in [9.17, 15) is 0 Å². The lowest BCUT2D eigenvalue weighted by molar-refractivity contribution is 0.146. The van der Waals surface area contributed by atoms with E-state index in [2.05, 4.69) is 54.5 Å². The molecule has 0 radical (unpaired) electrons. The van der Waals surface area contributed by atoms with Gasteiger partial charge in [-0.1, -0.05) is 37.3 Å². The molecule has 108 valence electrons.